The van der Waals surface area contributed by atoms with E-state index in [1.165, 1.54) is 0 Å². The molecular weight excluding hydrogens is 300 g/mol. The molecule has 0 spiro atoms. The molecule has 1 saturated heterocycles. The summed E-state index contributed by atoms with van der Waals surface area (Å²) in [6.07, 6.45) is 3.36. The molecule has 22 heavy (non-hydrogen) atoms. The standard InChI is InChI=1S/C15H20N4O2S/c1-2-18-12-16-17-15(18)10-13-8-9-19(11-13)22(20,21)14-6-4-3-5-7-14/h3-7,12-13H,2,8-11H2,1H3/t13-/m1/s1. The molecule has 0 bridgehead atoms. The van der Waals surface area contributed by atoms with Crippen molar-refractivity contribution >= 4 is 10.0 Å². The zero-order chi connectivity index (χ0) is 15.6. The maximum atomic E-state index is 12.6. The van der Waals surface area contributed by atoms with Crippen molar-refractivity contribution in [3.8, 4) is 0 Å². The molecule has 1 aromatic heterocycles. The van der Waals surface area contributed by atoms with Gasteiger partial charge >= 0.3 is 0 Å². The Kier molecular flexibility index (Phi) is 4.26. The van der Waals surface area contributed by atoms with Crippen molar-refractivity contribution in [1.82, 2.24) is 19.1 Å². The Labute approximate surface area is 130 Å². The molecule has 1 aromatic carbocycles. The summed E-state index contributed by atoms with van der Waals surface area (Å²) in [5, 5.41) is 8.07. The maximum absolute atomic E-state index is 12.6. The molecule has 0 amide bonds. The molecule has 0 aliphatic carbocycles. The lowest BCUT2D eigenvalue weighted by atomic mass is 10.0. The van der Waals surface area contributed by atoms with Crippen LogP contribution in [0.15, 0.2) is 41.6 Å². The van der Waals surface area contributed by atoms with Gasteiger partial charge in [-0.2, -0.15) is 4.31 Å². The van der Waals surface area contributed by atoms with E-state index in [4.69, 9.17) is 0 Å². The highest BCUT2D eigenvalue weighted by Crippen LogP contribution is 2.26. The lowest BCUT2D eigenvalue weighted by Crippen LogP contribution is -2.29. The van der Waals surface area contributed by atoms with Gasteiger partial charge in [0.1, 0.15) is 12.2 Å². The van der Waals surface area contributed by atoms with Gasteiger partial charge in [0.05, 0.1) is 4.90 Å². The Hall–Kier alpha value is -1.73. The monoisotopic (exact) mass is 320 g/mol. The van der Waals surface area contributed by atoms with Gasteiger partial charge in [-0.3, -0.25) is 0 Å². The Morgan fingerprint density at radius 2 is 2.05 bits per heavy atom. The predicted octanol–water partition coefficient (Wildman–Crippen LogP) is 1.55. The highest BCUT2D eigenvalue weighted by Gasteiger charge is 2.33. The molecule has 1 aliphatic heterocycles. The van der Waals surface area contributed by atoms with Crippen molar-refractivity contribution in [3.63, 3.8) is 0 Å². The Balaban J connectivity index is 1.70. The van der Waals surface area contributed by atoms with E-state index in [0.29, 0.717) is 23.9 Å². The number of hydrogen-bond acceptors (Lipinski definition) is 4. The summed E-state index contributed by atoms with van der Waals surface area (Å²) in [5.41, 5.74) is 0. The number of aromatic nitrogens is 3. The first-order valence-corrected chi connectivity index (χ1v) is 8.97. The van der Waals surface area contributed by atoms with E-state index in [1.807, 2.05) is 17.6 Å². The third kappa shape index (κ3) is 2.91. The largest absolute Gasteiger partial charge is 0.318 e. The second kappa shape index (κ2) is 6.18. The molecule has 3 rings (SSSR count). The van der Waals surface area contributed by atoms with Gasteiger partial charge < -0.3 is 4.57 Å². The predicted molar refractivity (Wildman–Crippen MR) is 82.7 cm³/mol. The van der Waals surface area contributed by atoms with Crippen molar-refractivity contribution < 1.29 is 8.42 Å². The minimum absolute atomic E-state index is 0.299. The van der Waals surface area contributed by atoms with Crippen LogP contribution in [0.4, 0.5) is 0 Å². The van der Waals surface area contributed by atoms with Gasteiger partial charge in [-0.15, -0.1) is 10.2 Å². The summed E-state index contributed by atoms with van der Waals surface area (Å²) in [7, 11) is -3.38. The number of sulfonamides is 1. The summed E-state index contributed by atoms with van der Waals surface area (Å²) < 4.78 is 28.8. The normalized spacial score (nSPS) is 19.6. The Morgan fingerprint density at radius 1 is 1.27 bits per heavy atom. The molecule has 1 aliphatic rings. The third-order valence-corrected chi connectivity index (χ3v) is 6.02. The average Bonchev–Trinajstić information content (AvgIpc) is 3.18. The van der Waals surface area contributed by atoms with E-state index in [9.17, 15) is 8.42 Å². The van der Waals surface area contributed by atoms with Crippen molar-refractivity contribution in [1.29, 1.82) is 0 Å². The molecule has 0 N–H and O–H groups in total. The molecule has 0 saturated carbocycles. The van der Waals surface area contributed by atoms with Crippen LogP contribution < -0.4 is 0 Å². The van der Waals surface area contributed by atoms with E-state index >= 15 is 0 Å². The molecule has 2 aromatic rings. The van der Waals surface area contributed by atoms with E-state index < -0.39 is 10.0 Å². The van der Waals surface area contributed by atoms with Gasteiger partial charge in [0.2, 0.25) is 10.0 Å². The van der Waals surface area contributed by atoms with E-state index in [-0.39, 0.29) is 0 Å². The third-order valence-electron chi connectivity index (χ3n) is 4.14. The van der Waals surface area contributed by atoms with Crippen LogP contribution in [0.2, 0.25) is 0 Å². The molecule has 118 valence electrons. The van der Waals surface area contributed by atoms with Crippen molar-refractivity contribution in [2.75, 3.05) is 13.1 Å². The lowest BCUT2D eigenvalue weighted by molar-refractivity contribution is 0.450. The van der Waals surface area contributed by atoms with Crippen molar-refractivity contribution in [2.24, 2.45) is 5.92 Å². The van der Waals surface area contributed by atoms with Crippen LogP contribution in [-0.2, 0) is 23.0 Å². The molecule has 2 heterocycles. The SMILES string of the molecule is CCn1cnnc1C[C@H]1CCN(S(=O)(=O)c2ccccc2)C1. The van der Waals surface area contributed by atoms with Crippen LogP contribution in [0.3, 0.4) is 0 Å². The van der Waals surface area contributed by atoms with Gasteiger partial charge in [-0.05, 0) is 31.4 Å². The number of rotatable bonds is 5. The second-order valence-corrected chi connectivity index (χ2v) is 7.51. The van der Waals surface area contributed by atoms with Crippen LogP contribution in [0.25, 0.3) is 0 Å². The number of benzene rings is 1. The van der Waals surface area contributed by atoms with Gasteiger partial charge in [0.25, 0.3) is 0 Å². The summed E-state index contributed by atoms with van der Waals surface area (Å²) in [4.78, 5) is 0.368. The number of aryl methyl sites for hydroxylation is 1. The zero-order valence-electron chi connectivity index (χ0n) is 12.6. The van der Waals surface area contributed by atoms with Crippen LogP contribution in [0.1, 0.15) is 19.2 Å². The summed E-state index contributed by atoms with van der Waals surface area (Å²) in [6.45, 7) is 4.00. The second-order valence-electron chi connectivity index (χ2n) is 5.57. The first kappa shape index (κ1) is 15.2. The van der Waals surface area contributed by atoms with Crippen LogP contribution in [0, 0.1) is 5.92 Å². The first-order chi connectivity index (χ1) is 10.6. The van der Waals surface area contributed by atoms with Gasteiger partial charge in [0.15, 0.2) is 0 Å². The molecular formula is C15H20N4O2S. The molecule has 1 atom stereocenters. The van der Waals surface area contributed by atoms with Crippen LogP contribution in [0.5, 0.6) is 0 Å². The van der Waals surface area contributed by atoms with E-state index in [2.05, 4.69) is 10.2 Å². The summed E-state index contributed by atoms with van der Waals surface area (Å²) in [5.74, 6) is 1.24. The van der Waals surface area contributed by atoms with Gasteiger partial charge in [-0.25, -0.2) is 8.42 Å². The molecule has 6 nitrogen and oxygen atoms in total. The first-order valence-electron chi connectivity index (χ1n) is 7.53. The number of nitrogens with zero attached hydrogens (tertiary/aromatic N) is 4. The summed E-state index contributed by atoms with van der Waals surface area (Å²) >= 11 is 0. The molecule has 0 radical (unpaired) electrons. The smallest absolute Gasteiger partial charge is 0.243 e. The molecule has 7 heteroatoms. The molecule has 1 fully saturated rings. The van der Waals surface area contributed by atoms with Gasteiger partial charge in [-0.1, -0.05) is 18.2 Å². The fourth-order valence-corrected chi connectivity index (χ4v) is 4.43. The fourth-order valence-electron chi connectivity index (χ4n) is 2.88. The quantitative estimate of drug-likeness (QED) is 0.838. The van der Waals surface area contributed by atoms with Crippen molar-refractivity contribution in [3.05, 3.63) is 42.5 Å². The van der Waals surface area contributed by atoms with Crippen molar-refractivity contribution in [2.45, 2.75) is 31.2 Å². The minimum atomic E-state index is -3.38. The van der Waals surface area contributed by atoms with E-state index in [1.54, 1.807) is 34.9 Å². The lowest BCUT2D eigenvalue weighted by Gasteiger charge is -2.16. The Morgan fingerprint density at radius 3 is 2.77 bits per heavy atom. The highest BCUT2D eigenvalue weighted by molar-refractivity contribution is 7.89. The maximum Gasteiger partial charge on any atom is 0.243 e. The average molecular weight is 320 g/mol. The topological polar surface area (TPSA) is 68.1 Å². The fraction of sp³-hybridized carbons (Fsp3) is 0.467. The Bertz CT molecular complexity index is 727. The summed E-state index contributed by atoms with van der Waals surface area (Å²) in [6, 6.07) is 8.63. The number of hydrogen-bond donors (Lipinski definition) is 0. The van der Waals surface area contributed by atoms with Gasteiger partial charge in [0, 0.05) is 26.1 Å². The molecule has 0 unspecified atom stereocenters. The minimum Gasteiger partial charge on any atom is -0.318 e. The van der Waals surface area contributed by atoms with Crippen LogP contribution >= 0.6 is 0 Å². The van der Waals surface area contributed by atoms with E-state index in [0.717, 1.165) is 25.2 Å². The zero-order valence-corrected chi connectivity index (χ0v) is 13.4. The highest BCUT2D eigenvalue weighted by atomic mass is 32.2. The van der Waals surface area contributed by atoms with Crippen LogP contribution in [-0.4, -0.2) is 40.6 Å².